The van der Waals surface area contributed by atoms with Gasteiger partial charge in [0.15, 0.2) is 0 Å². The first-order chi connectivity index (χ1) is 21.1. The normalized spacial score (nSPS) is 14.7. The van der Waals surface area contributed by atoms with Gasteiger partial charge in [0.1, 0.15) is 0 Å². The van der Waals surface area contributed by atoms with Crippen LogP contribution in [0.1, 0.15) is 233 Å². The van der Waals surface area contributed by atoms with Crippen LogP contribution in [-0.4, -0.2) is 34.6 Å². The Labute approximate surface area is 272 Å². The third kappa shape index (κ3) is 31.6. The summed E-state index contributed by atoms with van der Waals surface area (Å²) in [6.45, 7) is 9.10. The molecule has 43 heavy (non-hydrogen) atoms. The van der Waals surface area contributed by atoms with Gasteiger partial charge in [0, 0.05) is 0 Å². The predicted octanol–water partition coefficient (Wildman–Crippen LogP) is 13.0. The third-order valence-corrected chi connectivity index (χ3v) is 9.50. The van der Waals surface area contributed by atoms with Crippen molar-refractivity contribution in [2.75, 3.05) is 0 Å². The average molecular weight is 611 g/mol. The predicted molar refractivity (Wildman–Crippen MR) is 191 cm³/mol. The maximum Gasteiger partial charge on any atom is 0.0603 e. The number of rotatable bonds is 36. The van der Waals surface area contributed by atoms with Crippen LogP contribution in [0.5, 0.6) is 0 Å². The number of hydrogen-bond donors (Lipinski definition) is 2. The summed E-state index contributed by atoms with van der Waals surface area (Å²) in [6, 6.07) is 0. The van der Waals surface area contributed by atoms with Gasteiger partial charge in [-0.1, -0.05) is 195 Å². The van der Waals surface area contributed by atoms with E-state index >= 15 is 0 Å². The zero-order valence-electron chi connectivity index (χ0n) is 30.2. The van der Waals surface area contributed by atoms with Crippen LogP contribution in [0.2, 0.25) is 0 Å². The molecule has 0 aromatic rings. The molecule has 0 aliphatic carbocycles. The van der Waals surface area contributed by atoms with Gasteiger partial charge in [0.2, 0.25) is 0 Å². The van der Waals surface area contributed by atoms with Crippen molar-refractivity contribution in [3.63, 3.8) is 0 Å². The second kappa shape index (κ2) is 34.7. The van der Waals surface area contributed by atoms with E-state index < -0.39 is 0 Å². The van der Waals surface area contributed by atoms with Gasteiger partial charge in [0.25, 0.3) is 0 Å². The van der Waals surface area contributed by atoms with E-state index in [9.17, 15) is 10.2 Å². The number of hydrogen-bond acceptors (Lipinski definition) is 3. The molecule has 4 unspecified atom stereocenters. The first-order valence-electron chi connectivity index (χ1n) is 20.1. The van der Waals surface area contributed by atoms with Crippen molar-refractivity contribution < 1.29 is 14.9 Å². The van der Waals surface area contributed by atoms with Gasteiger partial charge < -0.3 is 14.9 Å². The SMILES string of the molecule is CCCCCCCCCC(CC(O)CCCCCCCC)OC(CCCCCCCCC)CC(O)CCCCCCCC. The molecule has 4 atom stereocenters. The molecule has 0 aromatic heterocycles. The summed E-state index contributed by atoms with van der Waals surface area (Å²) in [7, 11) is 0. The number of aliphatic hydroxyl groups excluding tert-OH is 2. The zero-order chi connectivity index (χ0) is 31.6. The quantitative estimate of drug-likeness (QED) is 0.0694. The molecule has 2 N–H and O–H groups in total. The lowest BCUT2D eigenvalue weighted by Gasteiger charge is -2.28. The van der Waals surface area contributed by atoms with Crippen LogP contribution in [0.4, 0.5) is 0 Å². The molecule has 0 heterocycles. The minimum absolute atomic E-state index is 0.126. The Morgan fingerprint density at radius 1 is 0.326 bits per heavy atom. The average Bonchev–Trinajstić information content (AvgIpc) is 2.99. The van der Waals surface area contributed by atoms with Crippen LogP contribution in [0.3, 0.4) is 0 Å². The highest BCUT2D eigenvalue weighted by Crippen LogP contribution is 2.24. The zero-order valence-corrected chi connectivity index (χ0v) is 30.2. The Morgan fingerprint density at radius 2 is 0.558 bits per heavy atom. The summed E-state index contributed by atoms with van der Waals surface area (Å²) in [4.78, 5) is 0. The monoisotopic (exact) mass is 611 g/mol. The van der Waals surface area contributed by atoms with Gasteiger partial charge in [0.05, 0.1) is 24.4 Å². The molecule has 0 aromatic carbocycles. The molecule has 3 heteroatoms. The van der Waals surface area contributed by atoms with Crippen molar-refractivity contribution in [1.82, 2.24) is 0 Å². The topological polar surface area (TPSA) is 49.7 Å². The minimum Gasteiger partial charge on any atom is -0.393 e. The molecular weight excluding hydrogens is 528 g/mol. The van der Waals surface area contributed by atoms with Crippen molar-refractivity contribution in [3.05, 3.63) is 0 Å². The van der Waals surface area contributed by atoms with Crippen LogP contribution in [0, 0.1) is 0 Å². The Hall–Kier alpha value is -0.120. The summed E-state index contributed by atoms with van der Waals surface area (Å²) >= 11 is 0. The lowest BCUT2D eigenvalue weighted by Crippen LogP contribution is -2.29. The van der Waals surface area contributed by atoms with E-state index in [1.54, 1.807) is 0 Å². The van der Waals surface area contributed by atoms with Gasteiger partial charge >= 0.3 is 0 Å². The summed E-state index contributed by atoms with van der Waals surface area (Å²) in [6.07, 6.45) is 38.8. The highest BCUT2D eigenvalue weighted by molar-refractivity contribution is 4.73. The Kier molecular flexibility index (Phi) is 34.7. The van der Waals surface area contributed by atoms with Crippen LogP contribution < -0.4 is 0 Å². The Morgan fingerprint density at radius 3 is 0.837 bits per heavy atom. The van der Waals surface area contributed by atoms with Gasteiger partial charge in [-0.15, -0.1) is 0 Å². The lowest BCUT2D eigenvalue weighted by molar-refractivity contribution is -0.0635. The maximum atomic E-state index is 11.0. The van der Waals surface area contributed by atoms with Gasteiger partial charge in [-0.2, -0.15) is 0 Å². The second-order valence-corrected chi connectivity index (χ2v) is 14.1. The molecule has 0 fully saturated rings. The van der Waals surface area contributed by atoms with Crippen LogP contribution in [0.15, 0.2) is 0 Å². The van der Waals surface area contributed by atoms with E-state index in [2.05, 4.69) is 27.7 Å². The van der Waals surface area contributed by atoms with E-state index in [0.717, 1.165) is 51.4 Å². The van der Waals surface area contributed by atoms with Crippen molar-refractivity contribution in [1.29, 1.82) is 0 Å². The van der Waals surface area contributed by atoms with Gasteiger partial charge in [-0.25, -0.2) is 0 Å². The minimum atomic E-state index is -0.256. The second-order valence-electron chi connectivity index (χ2n) is 14.1. The molecule has 0 aliphatic rings. The first kappa shape index (κ1) is 42.9. The van der Waals surface area contributed by atoms with Crippen LogP contribution in [-0.2, 0) is 4.74 Å². The molecule has 0 bridgehead atoms. The van der Waals surface area contributed by atoms with Crippen molar-refractivity contribution in [2.45, 2.75) is 258 Å². The Balaban J connectivity index is 4.97. The Bertz CT molecular complexity index is 466. The molecule has 0 radical (unpaired) electrons. The van der Waals surface area contributed by atoms with E-state index in [1.807, 2.05) is 0 Å². The maximum absolute atomic E-state index is 11.0. The largest absolute Gasteiger partial charge is 0.393 e. The summed E-state index contributed by atoms with van der Waals surface area (Å²) in [5, 5.41) is 22.0. The molecule has 0 amide bonds. The molecule has 260 valence electrons. The fourth-order valence-corrected chi connectivity index (χ4v) is 6.58. The lowest BCUT2D eigenvalue weighted by atomic mass is 9.97. The fraction of sp³-hybridized carbons (Fsp3) is 1.00. The summed E-state index contributed by atoms with van der Waals surface area (Å²) in [5.41, 5.74) is 0. The molecule has 0 saturated heterocycles. The van der Waals surface area contributed by atoms with Crippen molar-refractivity contribution >= 4 is 0 Å². The highest BCUT2D eigenvalue weighted by Gasteiger charge is 2.22. The fourth-order valence-electron chi connectivity index (χ4n) is 6.58. The van der Waals surface area contributed by atoms with Crippen molar-refractivity contribution in [3.8, 4) is 0 Å². The molecule has 3 nitrogen and oxygen atoms in total. The highest BCUT2D eigenvalue weighted by atomic mass is 16.5. The van der Waals surface area contributed by atoms with E-state index in [4.69, 9.17) is 4.74 Å². The first-order valence-corrected chi connectivity index (χ1v) is 20.1. The molecular formula is C40H82O3. The van der Waals surface area contributed by atoms with Crippen LogP contribution in [0.25, 0.3) is 0 Å². The molecule has 0 aliphatic heterocycles. The standard InChI is InChI=1S/C40H82O3/c1-5-9-13-17-21-25-29-33-39(35-37(41)31-27-23-19-15-11-7-3)43-40(34-30-26-22-18-14-10-6-2)36-38(42)32-28-24-20-16-12-8-4/h37-42H,5-36H2,1-4H3. The smallest absolute Gasteiger partial charge is 0.0603 e. The number of aliphatic hydroxyl groups is 2. The van der Waals surface area contributed by atoms with Crippen molar-refractivity contribution in [2.24, 2.45) is 0 Å². The van der Waals surface area contributed by atoms with Crippen LogP contribution >= 0.6 is 0 Å². The van der Waals surface area contributed by atoms with Gasteiger partial charge in [-0.05, 0) is 38.5 Å². The third-order valence-electron chi connectivity index (χ3n) is 9.50. The number of ether oxygens (including phenoxy) is 1. The number of unbranched alkanes of at least 4 members (excludes halogenated alkanes) is 22. The molecule has 0 spiro atoms. The summed E-state index contributed by atoms with van der Waals surface area (Å²) in [5.74, 6) is 0. The van der Waals surface area contributed by atoms with Gasteiger partial charge in [-0.3, -0.25) is 0 Å². The van der Waals surface area contributed by atoms with E-state index in [0.29, 0.717) is 0 Å². The van der Waals surface area contributed by atoms with E-state index in [1.165, 1.54) is 154 Å². The van der Waals surface area contributed by atoms with E-state index in [-0.39, 0.29) is 24.4 Å². The summed E-state index contributed by atoms with van der Waals surface area (Å²) < 4.78 is 6.88. The molecule has 0 rings (SSSR count). The molecule has 0 saturated carbocycles.